The van der Waals surface area contributed by atoms with Crippen molar-refractivity contribution in [2.24, 2.45) is 0 Å². The molecule has 138 valence electrons. The third-order valence-electron chi connectivity index (χ3n) is 4.43. The Morgan fingerprint density at radius 1 is 1.08 bits per heavy atom. The molecule has 1 aromatic heterocycles. The van der Waals surface area contributed by atoms with Crippen molar-refractivity contribution >= 4 is 17.2 Å². The minimum Gasteiger partial charge on any atom is -0.349 e. The van der Waals surface area contributed by atoms with Gasteiger partial charge in [0, 0.05) is 4.88 Å². The molecule has 4 rings (SSSR count). The Bertz CT molecular complexity index is 646. The van der Waals surface area contributed by atoms with Crippen molar-refractivity contribution in [2.75, 3.05) is 0 Å². The van der Waals surface area contributed by atoms with Gasteiger partial charge in [-0.15, -0.1) is 11.3 Å². The van der Waals surface area contributed by atoms with E-state index in [9.17, 15) is 4.79 Å². The third kappa shape index (κ3) is 3.34. The van der Waals surface area contributed by atoms with Crippen LogP contribution in [0.25, 0.3) is 0 Å². The highest BCUT2D eigenvalue weighted by Gasteiger charge is 2.62. The van der Waals surface area contributed by atoms with Crippen LogP contribution in [0.15, 0.2) is 17.5 Å². The van der Waals surface area contributed by atoms with Gasteiger partial charge >= 0.3 is 0 Å². The molecule has 5 atom stereocenters. The molecule has 0 aliphatic carbocycles. The van der Waals surface area contributed by atoms with Crippen molar-refractivity contribution in [3.63, 3.8) is 0 Å². The molecule has 25 heavy (non-hydrogen) atoms. The molecule has 1 aromatic rings. The lowest BCUT2D eigenvalue weighted by Gasteiger charge is -2.36. The summed E-state index contributed by atoms with van der Waals surface area (Å²) in [6, 6.07) is 3.92. The van der Waals surface area contributed by atoms with Gasteiger partial charge in [-0.2, -0.15) is 0 Å². The number of carbonyl (C=O) groups is 1. The van der Waals surface area contributed by atoms with Gasteiger partial charge in [0.1, 0.15) is 18.3 Å². The van der Waals surface area contributed by atoms with Crippen molar-refractivity contribution < 1.29 is 28.5 Å². The first-order valence-corrected chi connectivity index (χ1v) is 9.29. The zero-order valence-electron chi connectivity index (χ0n) is 14.7. The molecule has 1 N–H and O–H groups in total. The minimum atomic E-state index is -0.814. The van der Waals surface area contributed by atoms with Gasteiger partial charge < -0.3 is 29.0 Å². The molecule has 0 radical (unpaired) electrons. The van der Waals surface area contributed by atoms with Gasteiger partial charge in [0.25, 0.3) is 5.91 Å². The van der Waals surface area contributed by atoms with E-state index in [1.54, 1.807) is 11.3 Å². The number of rotatable bonds is 3. The Kier molecular flexibility index (Phi) is 4.18. The summed E-state index contributed by atoms with van der Waals surface area (Å²) in [5, 5.41) is 4.88. The van der Waals surface area contributed by atoms with Gasteiger partial charge in [0.05, 0.1) is 6.54 Å². The summed E-state index contributed by atoms with van der Waals surface area (Å²) in [6.07, 6.45) is -2.87. The second kappa shape index (κ2) is 6.00. The van der Waals surface area contributed by atoms with Crippen molar-refractivity contribution in [3.8, 4) is 0 Å². The average Bonchev–Trinajstić information content (AvgIpc) is 3.19. The molecule has 3 aliphatic heterocycles. The lowest BCUT2D eigenvalue weighted by Crippen LogP contribution is -2.59. The molecule has 0 spiro atoms. The predicted octanol–water partition coefficient (Wildman–Crippen LogP) is 1.76. The number of hydrogen-bond acceptors (Lipinski definition) is 7. The van der Waals surface area contributed by atoms with E-state index in [0.717, 1.165) is 4.88 Å². The lowest BCUT2D eigenvalue weighted by atomic mass is 9.98. The first kappa shape index (κ1) is 17.4. The third-order valence-corrected chi connectivity index (χ3v) is 5.31. The van der Waals surface area contributed by atoms with Crippen LogP contribution in [0.5, 0.6) is 0 Å². The highest BCUT2D eigenvalue weighted by atomic mass is 32.1. The van der Waals surface area contributed by atoms with Crippen LogP contribution >= 0.6 is 11.3 Å². The largest absolute Gasteiger partial charge is 0.349 e. The molecule has 0 bridgehead atoms. The molecule has 8 heteroatoms. The first-order chi connectivity index (χ1) is 11.7. The van der Waals surface area contributed by atoms with Gasteiger partial charge in [-0.05, 0) is 39.1 Å². The highest BCUT2D eigenvalue weighted by molar-refractivity contribution is 7.09. The molecule has 4 heterocycles. The van der Waals surface area contributed by atoms with Crippen LogP contribution in [-0.4, -0.2) is 48.2 Å². The van der Waals surface area contributed by atoms with E-state index in [-0.39, 0.29) is 5.91 Å². The van der Waals surface area contributed by atoms with E-state index in [1.165, 1.54) is 0 Å². The van der Waals surface area contributed by atoms with Crippen molar-refractivity contribution in [1.82, 2.24) is 5.32 Å². The number of ether oxygens (including phenoxy) is 5. The normalized spacial score (nSPS) is 38.2. The Morgan fingerprint density at radius 2 is 1.76 bits per heavy atom. The second-order valence-electron chi connectivity index (χ2n) is 7.39. The van der Waals surface area contributed by atoms with Crippen LogP contribution < -0.4 is 5.32 Å². The van der Waals surface area contributed by atoms with Gasteiger partial charge in [-0.1, -0.05) is 6.07 Å². The monoisotopic (exact) mass is 369 g/mol. The van der Waals surface area contributed by atoms with Crippen LogP contribution in [0, 0.1) is 0 Å². The van der Waals surface area contributed by atoms with E-state index in [0.29, 0.717) is 6.54 Å². The molecule has 0 unspecified atom stereocenters. The van der Waals surface area contributed by atoms with Gasteiger partial charge in [0.15, 0.2) is 24.0 Å². The number of carbonyl (C=O) groups excluding carboxylic acids is 1. The fourth-order valence-electron chi connectivity index (χ4n) is 3.51. The van der Waals surface area contributed by atoms with E-state index in [2.05, 4.69) is 5.32 Å². The highest BCUT2D eigenvalue weighted by Crippen LogP contribution is 2.44. The molecule has 0 saturated carbocycles. The molecule has 1 amide bonds. The Balaban J connectivity index is 1.52. The van der Waals surface area contributed by atoms with Gasteiger partial charge in [-0.25, -0.2) is 0 Å². The summed E-state index contributed by atoms with van der Waals surface area (Å²) in [7, 11) is 0. The summed E-state index contributed by atoms with van der Waals surface area (Å²) in [5.74, 6) is -1.84. The molecule has 3 saturated heterocycles. The van der Waals surface area contributed by atoms with Crippen molar-refractivity contribution in [3.05, 3.63) is 22.4 Å². The number of fused-ring (bicyclic) bond motifs is 3. The predicted molar refractivity (Wildman–Crippen MR) is 88.7 cm³/mol. The molecule has 3 aliphatic rings. The summed E-state index contributed by atoms with van der Waals surface area (Å²) in [5.41, 5.74) is 0. The average molecular weight is 369 g/mol. The van der Waals surface area contributed by atoms with E-state index in [1.807, 2.05) is 45.2 Å². The summed E-state index contributed by atoms with van der Waals surface area (Å²) < 4.78 is 29.6. The maximum atomic E-state index is 12.7. The van der Waals surface area contributed by atoms with E-state index in [4.69, 9.17) is 23.7 Å². The fraction of sp³-hybridized carbons (Fsp3) is 0.706. The SMILES string of the molecule is CC1(C)O[C@@H]2O[C@@H](C(=O)NCc3cccs3)[C@H]3OC(C)(C)O[C@H]3[C@H]2O1. The Morgan fingerprint density at radius 3 is 2.48 bits per heavy atom. The van der Waals surface area contributed by atoms with Gasteiger partial charge in [0.2, 0.25) is 0 Å². The maximum Gasteiger partial charge on any atom is 0.252 e. The number of nitrogens with one attached hydrogen (secondary N) is 1. The minimum absolute atomic E-state index is 0.239. The van der Waals surface area contributed by atoms with E-state index >= 15 is 0 Å². The Hall–Kier alpha value is -1.03. The van der Waals surface area contributed by atoms with Crippen LogP contribution in [0.4, 0.5) is 0 Å². The van der Waals surface area contributed by atoms with Crippen LogP contribution in [0.2, 0.25) is 0 Å². The van der Waals surface area contributed by atoms with Crippen LogP contribution in [0.3, 0.4) is 0 Å². The summed E-state index contributed by atoms with van der Waals surface area (Å²) in [4.78, 5) is 13.8. The van der Waals surface area contributed by atoms with E-state index < -0.39 is 42.3 Å². The van der Waals surface area contributed by atoms with Crippen LogP contribution in [-0.2, 0) is 35.0 Å². The number of thiophene rings is 1. The molecular weight excluding hydrogens is 346 g/mol. The fourth-order valence-corrected chi connectivity index (χ4v) is 4.16. The molecular formula is C17H23NO6S. The van der Waals surface area contributed by atoms with Gasteiger partial charge in [-0.3, -0.25) is 4.79 Å². The van der Waals surface area contributed by atoms with Crippen molar-refractivity contribution in [2.45, 2.75) is 76.5 Å². The molecule has 3 fully saturated rings. The quantitative estimate of drug-likeness (QED) is 0.875. The zero-order chi connectivity index (χ0) is 17.8. The summed E-state index contributed by atoms with van der Waals surface area (Å²) in [6.45, 7) is 7.73. The maximum absolute atomic E-state index is 12.7. The smallest absolute Gasteiger partial charge is 0.252 e. The second-order valence-corrected chi connectivity index (χ2v) is 8.42. The number of amides is 1. The molecule has 7 nitrogen and oxygen atoms in total. The number of hydrogen-bond donors (Lipinski definition) is 1. The van der Waals surface area contributed by atoms with Crippen LogP contribution in [0.1, 0.15) is 32.6 Å². The van der Waals surface area contributed by atoms with Crippen molar-refractivity contribution in [1.29, 1.82) is 0 Å². The lowest BCUT2D eigenvalue weighted by molar-refractivity contribution is -0.231. The topological polar surface area (TPSA) is 75.3 Å². The Labute approximate surface area is 150 Å². The summed E-state index contributed by atoms with van der Waals surface area (Å²) >= 11 is 1.59. The zero-order valence-corrected chi connectivity index (χ0v) is 15.5. The molecule has 0 aromatic carbocycles. The first-order valence-electron chi connectivity index (χ1n) is 8.41. The standard InChI is InChI=1S/C17H23NO6S/c1-16(2)21-10-11(22-16)13-15(24-17(3,4)23-13)20-12(10)14(19)18-8-9-6-5-7-25-9/h5-7,10-13,15H,8H2,1-4H3,(H,18,19)/t10-,11+,12+,13+,15-/m0/s1.